The first-order valence-electron chi connectivity index (χ1n) is 9.40. The number of rotatable bonds is 10. The van der Waals surface area contributed by atoms with Gasteiger partial charge in [0.25, 0.3) is 0 Å². The van der Waals surface area contributed by atoms with E-state index in [-0.39, 0.29) is 29.9 Å². The van der Waals surface area contributed by atoms with Crippen LogP contribution in [0.3, 0.4) is 0 Å². The second-order valence-corrected chi connectivity index (χ2v) is 6.22. The highest BCUT2D eigenvalue weighted by atomic mass is 19.3. The molecule has 2 amide bonds. The van der Waals surface area contributed by atoms with Crippen LogP contribution in [-0.2, 0) is 9.59 Å². The summed E-state index contributed by atoms with van der Waals surface area (Å²) in [6.45, 7) is -1.06. The topological polar surface area (TPSA) is 77.1 Å². The first kappa shape index (κ1) is 23.7. The maximum atomic E-state index is 12.5. The summed E-state index contributed by atoms with van der Waals surface area (Å²) in [5.74, 6) is -0.242. The smallest absolute Gasteiger partial charge is 0.387 e. The van der Waals surface area contributed by atoms with Crippen molar-refractivity contribution in [2.24, 2.45) is 0 Å². The monoisotopic (exact) mass is 434 g/mol. The van der Waals surface area contributed by atoms with Gasteiger partial charge in [-0.25, -0.2) is 0 Å². The van der Waals surface area contributed by atoms with Crippen LogP contribution < -0.4 is 19.5 Å². The number of ether oxygens (including phenoxy) is 3. The number of benzene rings is 2. The Balaban J connectivity index is 2.03. The third-order valence-electron chi connectivity index (χ3n) is 4.23. The Bertz CT molecular complexity index is 934. The molecule has 0 saturated heterocycles. The molecule has 0 aliphatic heterocycles. The Morgan fingerprint density at radius 3 is 2.42 bits per heavy atom. The van der Waals surface area contributed by atoms with Gasteiger partial charge in [-0.3, -0.25) is 9.59 Å². The largest absolute Gasteiger partial charge is 0.495 e. The Kier molecular flexibility index (Phi) is 8.80. The lowest BCUT2D eigenvalue weighted by Gasteiger charge is -2.19. The van der Waals surface area contributed by atoms with E-state index in [9.17, 15) is 18.4 Å². The zero-order valence-electron chi connectivity index (χ0n) is 17.4. The van der Waals surface area contributed by atoms with E-state index in [0.29, 0.717) is 23.5 Å². The van der Waals surface area contributed by atoms with Crippen LogP contribution in [0.5, 0.6) is 17.2 Å². The van der Waals surface area contributed by atoms with E-state index in [2.05, 4.69) is 10.1 Å². The molecular formula is C22H24F2N2O5. The lowest BCUT2D eigenvalue weighted by atomic mass is 10.2. The molecule has 7 nitrogen and oxygen atoms in total. The molecule has 0 aliphatic carbocycles. The number of hydrogen-bond donors (Lipinski definition) is 1. The lowest BCUT2D eigenvalue weighted by molar-refractivity contribution is -0.130. The van der Waals surface area contributed by atoms with Crippen molar-refractivity contribution in [2.75, 3.05) is 32.6 Å². The van der Waals surface area contributed by atoms with E-state index in [4.69, 9.17) is 9.47 Å². The van der Waals surface area contributed by atoms with Crippen molar-refractivity contribution in [3.8, 4) is 17.2 Å². The summed E-state index contributed by atoms with van der Waals surface area (Å²) >= 11 is 0. The van der Waals surface area contributed by atoms with Gasteiger partial charge in [0.2, 0.25) is 11.8 Å². The fourth-order valence-electron chi connectivity index (χ4n) is 2.71. The van der Waals surface area contributed by atoms with Gasteiger partial charge >= 0.3 is 6.61 Å². The zero-order chi connectivity index (χ0) is 22.8. The van der Waals surface area contributed by atoms with Gasteiger partial charge in [0.15, 0.2) is 11.5 Å². The van der Waals surface area contributed by atoms with Crippen molar-refractivity contribution >= 4 is 23.6 Å². The summed E-state index contributed by atoms with van der Waals surface area (Å²) in [4.78, 5) is 26.2. The van der Waals surface area contributed by atoms with E-state index in [1.807, 2.05) is 0 Å². The molecular weight excluding hydrogens is 410 g/mol. The zero-order valence-corrected chi connectivity index (χ0v) is 17.4. The molecule has 0 spiro atoms. The van der Waals surface area contributed by atoms with E-state index in [0.717, 1.165) is 0 Å². The maximum absolute atomic E-state index is 12.5. The van der Waals surface area contributed by atoms with Crippen molar-refractivity contribution in [1.29, 1.82) is 0 Å². The third kappa shape index (κ3) is 6.98. The molecule has 0 saturated carbocycles. The van der Waals surface area contributed by atoms with Gasteiger partial charge in [-0.15, -0.1) is 0 Å². The van der Waals surface area contributed by atoms with E-state index >= 15 is 0 Å². The normalized spacial score (nSPS) is 10.8. The standard InChI is InChI=1S/C22H24F2N2O5/c1-4-26(14-20(27)25-16-7-5-6-8-17(16)29-2)21(28)12-10-15-9-11-18(31-22(23)24)19(13-15)30-3/h5-13,22H,4,14H2,1-3H3,(H,25,27)/b12-10+. The number of carbonyl (C=O) groups excluding carboxylic acids is 2. The molecule has 0 aliphatic rings. The van der Waals surface area contributed by atoms with Gasteiger partial charge in [-0.05, 0) is 42.8 Å². The quantitative estimate of drug-likeness (QED) is 0.576. The minimum Gasteiger partial charge on any atom is -0.495 e. The number of hydrogen-bond acceptors (Lipinski definition) is 5. The summed E-state index contributed by atoms with van der Waals surface area (Å²) < 4.78 is 39.4. The summed E-state index contributed by atoms with van der Waals surface area (Å²) in [6.07, 6.45) is 2.79. The summed E-state index contributed by atoms with van der Waals surface area (Å²) in [5.41, 5.74) is 1.05. The first-order chi connectivity index (χ1) is 14.9. The number of para-hydroxylation sites is 2. The van der Waals surface area contributed by atoms with E-state index < -0.39 is 6.61 Å². The number of amides is 2. The number of nitrogens with zero attached hydrogens (tertiary/aromatic N) is 1. The predicted octanol–water partition coefficient (Wildman–Crippen LogP) is 3.81. The molecule has 2 aromatic rings. The molecule has 2 rings (SSSR count). The van der Waals surface area contributed by atoms with Gasteiger partial charge in [-0.2, -0.15) is 8.78 Å². The Morgan fingerprint density at radius 1 is 1.06 bits per heavy atom. The predicted molar refractivity (Wildman–Crippen MR) is 113 cm³/mol. The highest BCUT2D eigenvalue weighted by molar-refractivity contribution is 5.98. The molecule has 0 bridgehead atoms. The van der Waals surface area contributed by atoms with Crippen molar-refractivity contribution in [3.63, 3.8) is 0 Å². The fraction of sp³-hybridized carbons (Fsp3) is 0.273. The summed E-state index contributed by atoms with van der Waals surface area (Å²) in [7, 11) is 2.82. The number of anilines is 1. The highest BCUT2D eigenvalue weighted by Gasteiger charge is 2.15. The summed E-state index contributed by atoms with van der Waals surface area (Å²) in [5, 5.41) is 2.72. The number of methoxy groups -OCH3 is 2. The number of halogens is 2. The Labute approximate surface area is 179 Å². The van der Waals surface area contributed by atoms with Crippen molar-refractivity contribution in [3.05, 3.63) is 54.1 Å². The van der Waals surface area contributed by atoms with Crippen LogP contribution >= 0.6 is 0 Å². The average molecular weight is 434 g/mol. The highest BCUT2D eigenvalue weighted by Crippen LogP contribution is 2.30. The minimum absolute atomic E-state index is 0.107. The second kappa shape index (κ2) is 11.5. The Hall–Kier alpha value is -3.62. The van der Waals surface area contributed by atoms with Gasteiger partial charge in [-0.1, -0.05) is 18.2 Å². The molecule has 0 aromatic heterocycles. The number of nitrogens with one attached hydrogen (secondary N) is 1. The van der Waals surface area contributed by atoms with Crippen LogP contribution in [0.15, 0.2) is 48.5 Å². The van der Waals surface area contributed by atoms with Crippen molar-refractivity contribution in [2.45, 2.75) is 13.5 Å². The molecule has 0 atom stereocenters. The molecule has 166 valence electrons. The number of likely N-dealkylation sites (N-methyl/N-ethyl adjacent to an activating group) is 1. The first-order valence-corrected chi connectivity index (χ1v) is 9.40. The van der Waals surface area contributed by atoms with Crippen molar-refractivity contribution < 1.29 is 32.6 Å². The third-order valence-corrected chi connectivity index (χ3v) is 4.23. The van der Waals surface area contributed by atoms with Gasteiger partial charge < -0.3 is 24.4 Å². The van der Waals surface area contributed by atoms with Crippen LogP contribution in [0.25, 0.3) is 6.08 Å². The van der Waals surface area contributed by atoms with E-state index in [1.54, 1.807) is 31.2 Å². The van der Waals surface area contributed by atoms with Gasteiger partial charge in [0, 0.05) is 12.6 Å². The SMILES string of the molecule is CCN(CC(=O)Nc1ccccc1OC)C(=O)/C=C/c1ccc(OC(F)F)c(OC)c1. The second-order valence-electron chi connectivity index (χ2n) is 6.22. The minimum atomic E-state index is -2.98. The summed E-state index contributed by atoms with van der Waals surface area (Å²) in [6, 6.07) is 11.3. The van der Waals surface area contributed by atoms with Crippen LogP contribution in [0.4, 0.5) is 14.5 Å². The van der Waals surface area contributed by atoms with Crippen LogP contribution in [0.2, 0.25) is 0 Å². The Morgan fingerprint density at radius 2 is 1.77 bits per heavy atom. The van der Waals surface area contributed by atoms with Crippen LogP contribution in [0.1, 0.15) is 12.5 Å². The van der Waals surface area contributed by atoms with Crippen LogP contribution in [-0.4, -0.2) is 50.6 Å². The number of carbonyl (C=O) groups is 2. The molecule has 2 aromatic carbocycles. The molecule has 0 fully saturated rings. The van der Waals surface area contributed by atoms with Gasteiger partial charge in [0.05, 0.1) is 19.9 Å². The molecule has 0 unspecified atom stereocenters. The van der Waals surface area contributed by atoms with Gasteiger partial charge in [0.1, 0.15) is 12.3 Å². The number of alkyl halides is 2. The molecule has 1 N–H and O–H groups in total. The average Bonchev–Trinajstić information content (AvgIpc) is 2.76. The maximum Gasteiger partial charge on any atom is 0.387 e. The molecule has 0 heterocycles. The molecule has 9 heteroatoms. The molecule has 31 heavy (non-hydrogen) atoms. The molecule has 0 radical (unpaired) electrons. The van der Waals surface area contributed by atoms with Crippen molar-refractivity contribution in [1.82, 2.24) is 4.90 Å². The van der Waals surface area contributed by atoms with E-state index in [1.165, 1.54) is 49.5 Å². The van der Waals surface area contributed by atoms with Crippen LogP contribution in [0, 0.1) is 0 Å². The fourth-order valence-corrected chi connectivity index (χ4v) is 2.71. The lowest BCUT2D eigenvalue weighted by Crippen LogP contribution is -2.36.